The van der Waals surface area contributed by atoms with Crippen molar-refractivity contribution in [2.75, 3.05) is 5.75 Å². The third kappa shape index (κ3) is 1.87. The molecule has 0 amide bonds. The van der Waals surface area contributed by atoms with E-state index < -0.39 is 5.97 Å². The highest BCUT2D eigenvalue weighted by Gasteiger charge is 2.37. The molecule has 1 aromatic rings. The zero-order chi connectivity index (χ0) is 11.8. The topological polar surface area (TPSA) is 88.0 Å². The Morgan fingerprint density at radius 2 is 2.38 bits per heavy atom. The molecule has 1 fully saturated rings. The van der Waals surface area contributed by atoms with Gasteiger partial charge in [-0.05, 0) is 26.2 Å². The third-order valence-corrected chi connectivity index (χ3v) is 3.86. The van der Waals surface area contributed by atoms with Crippen LogP contribution in [0.15, 0.2) is 9.95 Å². The van der Waals surface area contributed by atoms with Gasteiger partial charge in [-0.3, -0.25) is 9.36 Å². The van der Waals surface area contributed by atoms with E-state index in [-0.39, 0.29) is 17.0 Å². The second-order valence-electron chi connectivity index (χ2n) is 4.18. The summed E-state index contributed by atoms with van der Waals surface area (Å²) in [5.74, 6) is -0.994. The Labute approximate surface area is 96.0 Å². The minimum absolute atomic E-state index is 0.0830. The predicted molar refractivity (Wildman–Crippen MR) is 58.7 cm³/mol. The molecule has 0 aromatic carbocycles. The number of nitrogens with zero attached hydrogens (tertiary/aromatic N) is 2. The summed E-state index contributed by atoms with van der Waals surface area (Å²) >= 11 is 1.07. The van der Waals surface area contributed by atoms with Gasteiger partial charge in [-0.2, -0.15) is 0 Å². The number of nitrogens with one attached hydrogen (secondary N) is 1. The minimum atomic E-state index is -0.911. The summed E-state index contributed by atoms with van der Waals surface area (Å²) in [7, 11) is 0. The zero-order valence-electron chi connectivity index (χ0n) is 8.89. The van der Waals surface area contributed by atoms with E-state index in [0.29, 0.717) is 5.16 Å². The molecule has 0 atom stereocenters. The van der Waals surface area contributed by atoms with E-state index in [9.17, 15) is 9.59 Å². The van der Waals surface area contributed by atoms with Crippen LogP contribution in [0.4, 0.5) is 0 Å². The number of hydrogen-bond donors (Lipinski definition) is 2. The molecule has 2 N–H and O–H groups in total. The van der Waals surface area contributed by atoms with Crippen LogP contribution < -0.4 is 5.69 Å². The maximum absolute atomic E-state index is 11.6. The summed E-state index contributed by atoms with van der Waals surface area (Å²) in [6, 6.07) is 0. The lowest BCUT2D eigenvalue weighted by Gasteiger charge is -2.39. The van der Waals surface area contributed by atoms with E-state index in [1.165, 1.54) is 0 Å². The molecule has 1 heterocycles. The molecule has 1 aromatic heterocycles. The molecular weight excluding hydrogens is 230 g/mol. The minimum Gasteiger partial charge on any atom is -0.481 e. The Hall–Kier alpha value is -1.24. The van der Waals surface area contributed by atoms with Gasteiger partial charge in [0, 0.05) is 5.54 Å². The molecule has 88 valence electrons. The Morgan fingerprint density at radius 1 is 1.69 bits per heavy atom. The molecular formula is C9H13N3O3S. The molecule has 1 aliphatic rings. The van der Waals surface area contributed by atoms with Gasteiger partial charge in [0.2, 0.25) is 0 Å². The zero-order valence-corrected chi connectivity index (χ0v) is 9.71. The molecule has 0 aliphatic heterocycles. The second kappa shape index (κ2) is 3.97. The van der Waals surface area contributed by atoms with Crippen molar-refractivity contribution in [1.82, 2.24) is 14.8 Å². The van der Waals surface area contributed by atoms with E-state index in [1.54, 1.807) is 4.57 Å². The van der Waals surface area contributed by atoms with Crippen LogP contribution in [0.1, 0.15) is 26.2 Å². The van der Waals surface area contributed by atoms with E-state index in [2.05, 4.69) is 10.2 Å². The number of carboxylic acid groups (broad SMARTS) is 1. The predicted octanol–water partition coefficient (Wildman–Crippen LogP) is 0.647. The molecule has 0 unspecified atom stereocenters. The number of H-pyrrole nitrogens is 1. The van der Waals surface area contributed by atoms with Crippen molar-refractivity contribution in [3.8, 4) is 0 Å². The van der Waals surface area contributed by atoms with Crippen molar-refractivity contribution < 1.29 is 9.90 Å². The maximum atomic E-state index is 11.6. The van der Waals surface area contributed by atoms with Crippen molar-refractivity contribution in [2.45, 2.75) is 36.9 Å². The first-order valence-electron chi connectivity index (χ1n) is 5.05. The fourth-order valence-electron chi connectivity index (χ4n) is 1.89. The van der Waals surface area contributed by atoms with Crippen LogP contribution in [0, 0.1) is 0 Å². The van der Waals surface area contributed by atoms with Crippen LogP contribution in [-0.2, 0) is 10.3 Å². The molecule has 0 saturated heterocycles. The van der Waals surface area contributed by atoms with Crippen LogP contribution in [0.5, 0.6) is 0 Å². The average Bonchev–Trinajstić information content (AvgIpc) is 2.53. The molecule has 0 bridgehead atoms. The quantitative estimate of drug-likeness (QED) is 0.758. The number of aromatic amines is 1. The summed E-state index contributed by atoms with van der Waals surface area (Å²) in [5.41, 5.74) is -0.444. The number of thioether (sulfide) groups is 1. The number of rotatable bonds is 4. The number of hydrogen-bond acceptors (Lipinski definition) is 4. The average molecular weight is 243 g/mol. The fraction of sp³-hybridized carbons (Fsp3) is 0.667. The molecule has 0 radical (unpaired) electrons. The Bertz CT molecular complexity index is 461. The highest BCUT2D eigenvalue weighted by molar-refractivity contribution is 7.99. The molecule has 16 heavy (non-hydrogen) atoms. The van der Waals surface area contributed by atoms with E-state index in [0.717, 1.165) is 31.0 Å². The molecule has 6 nitrogen and oxygen atoms in total. The van der Waals surface area contributed by atoms with E-state index in [4.69, 9.17) is 5.11 Å². The van der Waals surface area contributed by atoms with Gasteiger partial charge in [0.05, 0.1) is 5.75 Å². The number of aliphatic carboxylic acids is 1. The summed E-state index contributed by atoms with van der Waals surface area (Å²) in [5, 5.41) is 15.3. The standard InChI is InChI=1S/C9H13N3O3S/c1-9(3-2-4-9)12-7(15)10-11-8(12)16-5-6(13)14/h2-5H2,1H3,(H,10,15)(H,13,14). The van der Waals surface area contributed by atoms with Crippen LogP contribution >= 0.6 is 11.8 Å². The lowest BCUT2D eigenvalue weighted by atomic mass is 9.78. The smallest absolute Gasteiger partial charge is 0.344 e. The van der Waals surface area contributed by atoms with E-state index in [1.807, 2.05) is 6.92 Å². The lowest BCUT2D eigenvalue weighted by Crippen LogP contribution is -2.43. The highest BCUT2D eigenvalue weighted by atomic mass is 32.2. The molecule has 2 rings (SSSR count). The number of carbonyl (C=O) groups is 1. The Kier molecular flexibility index (Phi) is 2.79. The first-order valence-corrected chi connectivity index (χ1v) is 6.04. The first-order chi connectivity index (χ1) is 7.53. The van der Waals surface area contributed by atoms with Gasteiger partial charge in [0.25, 0.3) is 0 Å². The van der Waals surface area contributed by atoms with E-state index >= 15 is 0 Å². The third-order valence-electron chi connectivity index (χ3n) is 2.94. The number of carboxylic acids is 1. The summed E-state index contributed by atoms with van der Waals surface area (Å²) in [4.78, 5) is 22.1. The Balaban J connectivity index is 2.25. The van der Waals surface area contributed by atoms with Crippen molar-refractivity contribution in [3.63, 3.8) is 0 Å². The van der Waals surface area contributed by atoms with Gasteiger partial charge in [-0.1, -0.05) is 11.8 Å². The van der Waals surface area contributed by atoms with Gasteiger partial charge in [0.1, 0.15) is 0 Å². The first kappa shape index (κ1) is 11.3. The van der Waals surface area contributed by atoms with Crippen LogP contribution in [0.2, 0.25) is 0 Å². The maximum Gasteiger partial charge on any atom is 0.344 e. The molecule has 1 saturated carbocycles. The molecule has 1 aliphatic carbocycles. The summed E-state index contributed by atoms with van der Waals surface area (Å²) in [6.07, 6.45) is 2.97. The lowest BCUT2D eigenvalue weighted by molar-refractivity contribution is -0.133. The fourth-order valence-corrected chi connectivity index (χ4v) is 2.69. The van der Waals surface area contributed by atoms with Gasteiger partial charge >= 0.3 is 11.7 Å². The van der Waals surface area contributed by atoms with Crippen molar-refractivity contribution in [3.05, 3.63) is 10.5 Å². The molecule has 0 spiro atoms. The number of aromatic nitrogens is 3. The van der Waals surface area contributed by atoms with Crippen LogP contribution in [-0.4, -0.2) is 31.6 Å². The summed E-state index contributed by atoms with van der Waals surface area (Å²) in [6.45, 7) is 2.00. The van der Waals surface area contributed by atoms with Crippen molar-refractivity contribution >= 4 is 17.7 Å². The van der Waals surface area contributed by atoms with Gasteiger partial charge in [-0.25, -0.2) is 9.89 Å². The largest absolute Gasteiger partial charge is 0.481 e. The highest BCUT2D eigenvalue weighted by Crippen LogP contribution is 2.39. The molecule has 7 heteroatoms. The SMILES string of the molecule is CC1(n2c(SCC(=O)O)n[nH]c2=O)CCC1. The van der Waals surface area contributed by atoms with Crippen molar-refractivity contribution in [1.29, 1.82) is 0 Å². The second-order valence-corrected chi connectivity index (χ2v) is 5.12. The van der Waals surface area contributed by atoms with Gasteiger partial charge in [0.15, 0.2) is 5.16 Å². The van der Waals surface area contributed by atoms with Crippen LogP contribution in [0.25, 0.3) is 0 Å². The van der Waals surface area contributed by atoms with Crippen LogP contribution in [0.3, 0.4) is 0 Å². The van der Waals surface area contributed by atoms with Gasteiger partial charge < -0.3 is 5.11 Å². The van der Waals surface area contributed by atoms with Crippen molar-refractivity contribution in [2.24, 2.45) is 0 Å². The Morgan fingerprint density at radius 3 is 2.88 bits per heavy atom. The summed E-state index contributed by atoms with van der Waals surface area (Å²) < 4.78 is 1.59. The normalized spacial score (nSPS) is 18.1. The monoisotopic (exact) mass is 243 g/mol. The van der Waals surface area contributed by atoms with Gasteiger partial charge in [-0.15, -0.1) is 5.10 Å².